The Hall–Kier alpha value is -0.850. The molecule has 0 aliphatic carbocycles. The Morgan fingerprint density at radius 2 is 2.00 bits per heavy atom. The molecule has 20 heavy (non-hydrogen) atoms. The molecule has 1 amide bonds. The first-order chi connectivity index (χ1) is 9.40. The minimum absolute atomic E-state index is 0.0138. The van der Waals surface area contributed by atoms with E-state index in [1.807, 2.05) is 20.8 Å². The third-order valence-electron chi connectivity index (χ3n) is 3.79. The van der Waals surface area contributed by atoms with E-state index in [1.54, 1.807) is 4.90 Å². The number of hydrogen-bond acceptors (Lipinski definition) is 5. The third kappa shape index (κ3) is 3.84. The Morgan fingerprint density at radius 1 is 1.35 bits per heavy atom. The Bertz CT molecular complexity index is 337. The minimum Gasteiger partial charge on any atom is -0.444 e. The highest BCUT2D eigenvalue weighted by Crippen LogP contribution is 2.25. The van der Waals surface area contributed by atoms with Crippen LogP contribution in [0.2, 0.25) is 0 Å². The van der Waals surface area contributed by atoms with Gasteiger partial charge in [-0.15, -0.1) is 0 Å². The van der Waals surface area contributed by atoms with Crippen molar-refractivity contribution in [3.8, 4) is 0 Å². The van der Waals surface area contributed by atoms with Crippen LogP contribution in [0.15, 0.2) is 0 Å². The predicted octanol–water partition coefficient (Wildman–Crippen LogP) is 0.689. The van der Waals surface area contributed by atoms with Gasteiger partial charge in [-0.05, 0) is 27.2 Å². The number of amides is 1. The molecule has 0 saturated carbocycles. The van der Waals surface area contributed by atoms with Crippen LogP contribution in [0.3, 0.4) is 0 Å². The standard InChI is InChI=1S/C14H26N2O4/c1-14(2,3)20-13(18)16-9-11(8-12(16)10-17)15-4-6-19-7-5-15/h11-12,17H,4-10H2,1-3H3/t11-,12+/m0/s1. The second-order valence-corrected chi connectivity index (χ2v) is 6.51. The van der Waals surface area contributed by atoms with E-state index in [4.69, 9.17) is 9.47 Å². The van der Waals surface area contributed by atoms with Gasteiger partial charge in [-0.1, -0.05) is 0 Å². The van der Waals surface area contributed by atoms with Gasteiger partial charge in [-0.2, -0.15) is 0 Å². The molecule has 0 aromatic carbocycles. The van der Waals surface area contributed by atoms with Crippen LogP contribution in [0.1, 0.15) is 27.2 Å². The van der Waals surface area contributed by atoms with Crippen molar-refractivity contribution < 1.29 is 19.4 Å². The quantitative estimate of drug-likeness (QED) is 0.809. The lowest BCUT2D eigenvalue weighted by molar-refractivity contribution is 0.0104. The third-order valence-corrected chi connectivity index (χ3v) is 3.79. The summed E-state index contributed by atoms with van der Waals surface area (Å²) in [7, 11) is 0. The molecule has 2 atom stereocenters. The van der Waals surface area contributed by atoms with Crippen molar-refractivity contribution in [3.63, 3.8) is 0 Å². The van der Waals surface area contributed by atoms with E-state index in [2.05, 4.69) is 4.90 Å². The molecule has 2 aliphatic rings. The number of aliphatic hydroxyl groups excluding tert-OH is 1. The van der Waals surface area contributed by atoms with Gasteiger partial charge in [0.15, 0.2) is 0 Å². The minimum atomic E-state index is -0.506. The van der Waals surface area contributed by atoms with Crippen LogP contribution in [0.5, 0.6) is 0 Å². The van der Waals surface area contributed by atoms with Crippen LogP contribution in [-0.2, 0) is 9.47 Å². The summed E-state index contributed by atoms with van der Waals surface area (Å²) >= 11 is 0. The van der Waals surface area contributed by atoms with E-state index in [0.29, 0.717) is 12.6 Å². The average molecular weight is 286 g/mol. The number of carbonyl (C=O) groups excluding carboxylic acids is 1. The zero-order valence-corrected chi connectivity index (χ0v) is 12.7. The summed E-state index contributed by atoms with van der Waals surface area (Å²) in [5, 5.41) is 9.51. The molecule has 0 aromatic heterocycles. The lowest BCUT2D eigenvalue weighted by atomic mass is 10.1. The fraction of sp³-hybridized carbons (Fsp3) is 0.929. The fourth-order valence-electron chi connectivity index (χ4n) is 2.82. The van der Waals surface area contributed by atoms with E-state index in [9.17, 15) is 9.90 Å². The Balaban J connectivity index is 1.96. The van der Waals surface area contributed by atoms with Crippen LogP contribution in [-0.4, -0.2) is 78.1 Å². The van der Waals surface area contributed by atoms with Gasteiger partial charge in [0.25, 0.3) is 0 Å². The number of morpholine rings is 1. The van der Waals surface area contributed by atoms with Crippen molar-refractivity contribution in [2.75, 3.05) is 39.5 Å². The zero-order valence-electron chi connectivity index (χ0n) is 12.7. The molecule has 0 bridgehead atoms. The summed E-state index contributed by atoms with van der Waals surface area (Å²) in [4.78, 5) is 16.2. The monoisotopic (exact) mass is 286 g/mol. The number of likely N-dealkylation sites (tertiary alicyclic amines) is 1. The van der Waals surface area contributed by atoms with E-state index in [0.717, 1.165) is 32.7 Å². The Labute approximate surface area is 120 Å². The molecule has 6 nitrogen and oxygen atoms in total. The van der Waals surface area contributed by atoms with E-state index < -0.39 is 5.60 Å². The summed E-state index contributed by atoms with van der Waals surface area (Å²) in [5.41, 5.74) is -0.506. The SMILES string of the molecule is CC(C)(C)OC(=O)N1C[C@@H](N2CCOCC2)C[C@@H]1CO. The maximum atomic E-state index is 12.2. The van der Waals surface area contributed by atoms with Gasteiger partial charge < -0.3 is 19.5 Å². The molecular weight excluding hydrogens is 260 g/mol. The van der Waals surface area contributed by atoms with Gasteiger partial charge in [-0.3, -0.25) is 4.90 Å². The van der Waals surface area contributed by atoms with Crippen molar-refractivity contribution in [2.45, 2.75) is 44.9 Å². The molecular formula is C14H26N2O4. The Morgan fingerprint density at radius 3 is 2.55 bits per heavy atom. The highest BCUT2D eigenvalue weighted by Gasteiger charge is 2.39. The Kier molecular flexibility index (Phi) is 4.88. The molecule has 116 valence electrons. The maximum Gasteiger partial charge on any atom is 0.410 e. The highest BCUT2D eigenvalue weighted by atomic mass is 16.6. The van der Waals surface area contributed by atoms with Crippen molar-refractivity contribution >= 4 is 6.09 Å². The predicted molar refractivity (Wildman–Crippen MR) is 74.6 cm³/mol. The highest BCUT2D eigenvalue weighted by molar-refractivity contribution is 5.69. The first kappa shape index (κ1) is 15.5. The van der Waals surface area contributed by atoms with Gasteiger partial charge in [0.05, 0.1) is 25.9 Å². The molecule has 0 radical (unpaired) electrons. The number of nitrogens with zero attached hydrogens (tertiary/aromatic N) is 2. The summed E-state index contributed by atoms with van der Waals surface area (Å²) in [5.74, 6) is 0. The summed E-state index contributed by atoms with van der Waals surface area (Å²) < 4.78 is 10.8. The van der Waals surface area contributed by atoms with Crippen molar-refractivity contribution in [1.82, 2.24) is 9.80 Å². The largest absolute Gasteiger partial charge is 0.444 e. The molecule has 2 saturated heterocycles. The topological polar surface area (TPSA) is 62.2 Å². The van der Waals surface area contributed by atoms with Gasteiger partial charge in [0.1, 0.15) is 5.60 Å². The molecule has 0 unspecified atom stereocenters. The molecule has 6 heteroatoms. The lowest BCUT2D eigenvalue weighted by Gasteiger charge is -2.32. The average Bonchev–Trinajstić information content (AvgIpc) is 2.82. The normalized spacial score (nSPS) is 28.7. The number of ether oxygens (including phenoxy) is 2. The van der Waals surface area contributed by atoms with Crippen LogP contribution >= 0.6 is 0 Å². The second kappa shape index (κ2) is 6.28. The van der Waals surface area contributed by atoms with Crippen LogP contribution in [0.4, 0.5) is 4.79 Å². The number of aliphatic hydroxyl groups is 1. The van der Waals surface area contributed by atoms with Crippen molar-refractivity contribution in [1.29, 1.82) is 0 Å². The molecule has 1 N–H and O–H groups in total. The van der Waals surface area contributed by atoms with Gasteiger partial charge in [0.2, 0.25) is 0 Å². The summed E-state index contributed by atoms with van der Waals surface area (Å²) in [6.07, 6.45) is 0.475. The van der Waals surface area contributed by atoms with E-state index in [1.165, 1.54) is 0 Å². The van der Waals surface area contributed by atoms with Crippen molar-refractivity contribution in [3.05, 3.63) is 0 Å². The molecule has 2 fully saturated rings. The molecule has 2 rings (SSSR count). The fourth-order valence-corrected chi connectivity index (χ4v) is 2.82. The smallest absolute Gasteiger partial charge is 0.410 e. The van der Waals surface area contributed by atoms with Crippen molar-refractivity contribution in [2.24, 2.45) is 0 Å². The lowest BCUT2D eigenvalue weighted by Crippen LogP contribution is -2.46. The molecule has 2 heterocycles. The first-order valence-corrected chi connectivity index (χ1v) is 7.33. The molecule has 0 aromatic rings. The van der Waals surface area contributed by atoms with E-state index >= 15 is 0 Å². The first-order valence-electron chi connectivity index (χ1n) is 7.33. The number of carbonyl (C=O) groups is 1. The van der Waals surface area contributed by atoms with Crippen LogP contribution in [0.25, 0.3) is 0 Å². The summed E-state index contributed by atoms with van der Waals surface area (Å²) in [6.45, 7) is 9.45. The van der Waals surface area contributed by atoms with Gasteiger partial charge in [-0.25, -0.2) is 4.79 Å². The van der Waals surface area contributed by atoms with Crippen LogP contribution < -0.4 is 0 Å². The van der Waals surface area contributed by atoms with Crippen LogP contribution in [0, 0.1) is 0 Å². The number of hydrogen-bond donors (Lipinski definition) is 1. The molecule has 2 aliphatic heterocycles. The summed E-state index contributed by atoms with van der Waals surface area (Å²) in [6, 6.07) is 0.154. The van der Waals surface area contributed by atoms with Gasteiger partial charge >= 0.3 is 6.09 Å². The number of rotatable bonds is 2. The second-order valence-electron chi connectivity index (χ2n) is 6.51. The zero-order chi connectivity index (χ0) is 14.8. The maximum absolute atomic E-state index is 12.2. The van der Waals surface area contributed by atoms with Gasteiger partial charge in [0, 0.05) is 25.7 Å². The molecule has 0 spiro atoms. The van der Waals surface area contributed by atoms with E-state index in [-0.39, 0.29) is 18.7 Å².